The minimum Gasteiger partial charge on any atom is -0.480 e. The van der Waals surface area contributed by atoms with Gasteiger partial charge in [-0.3, -0.25) is 10.1 Å². The summed E-state index contributed by atoms with van der Waals surface area (Å²) in [5, 5.41) is 97.2. The monoisotopic (exact) mass is 932 g/mol. The second-order valence-corrected chi connectivity index (χ2v) is 17.6. The predicted octanol–water partition coefficient (Wildman–Crippen LogP) is -1.91. The number of aliphatic hydroxyl groups is 8. The van der Waals surface area contributed by atoms with E-state index in [1.54, 1.807) is 6.92 Å². The molecule has 1 aromatic carbocycles. The van der Waals surface area contributed by atoms with E-state index in [1.807, 2.05) is 24.3 Å². The first-order valence-electron chi connectivity index (χ1n) is 21.7. The molecule has 6 heterocycles. The second kappa shape index (κ2) is 19.6. The quantitative estimate of drug-likeness (QED) is 0.0771. The van der Waals surface area contributed by atoms with Crippen LogP contribution in [0.3, 0.4) is 0 Å². The van der Waals surface area contributed by atoms with Gasteiger partial charge in [0, 0.05) is 58.6 Å². The number of aliphatic hydroxyl groups excluding tert-OH is 8. The highest BCUT2D eigenvalue weighted by molar-refractivity contribution is 5.90. The molecule has 22 nitrogen and oxygen atoms in total. The number of carbonyl (C=O) groups is 3. The summed E-state index contributed by atoms with van der Waals surface area (Å²) in [5.74, 6) is -6.71. The van der Waals surface area contributed by atoms with Gasteiger partial charge in [0.1, 0.15) is 61.0 Å². The fraction of sp³-hybridized carbons (Fsp3) is 0.614. The Morgan fingerprint density at radius 3 is 2.03 bits per heavy atom. The molecule has 1 aromatic heterocycles. The molecule has 22 heteroatoms. The second-order valence-electron chi connectivity index (χ2n) is 17.6. The number of benzene rings is 1. The molecule has 11 N–H and O–H groups in total. The minimum atomic E-state index is -1.80. The number of nitrogens with one attached hydrogen (secondary N) is 2. The van der Waals surface area contributed by atoms with E-state index in [9.17, 15) is 60.3 Å². The standard InChI is InChI=1S/C44H56N2O20/c1-4-17-19(9-25-31-21(10-26(45-25)38(55)56)18-7-5-6-8-24(18)46-31)22(14-60-41(17)65-43-36(53)34(51)32(49)28(12-47)63-43)40(58)62-27-11-20-23(39(57)59-3)15-61-42(30(20)16(27)2)66-44-37(54)35(52)33(50)29(13-48)64-44/h4-8,14-17,19-20,25-30,32-37,41-54H,1,9-13H2,2-3H3,(H,55,56). The number of esters is 2. The molecule has 1 saturated carbocycles. The topological polar surface area (TPSA) is 335 Å². The van der Waals surface area contributed by atoms with Gasteiger partial charge >= 0.3 is 17.9 Å². The summed E-state index contributed by atoms with van der Waals surface area (Å²) in [7, 11) is 1.18. The number of hydrogen-bond donors (Lipinski definition) is 11. The average Bonchev–Trinajstić information content (AvgIpc) is 3.86. The predicted molar refractivity (Wildman–Crippen MR) is 219 cm³/mol. The van der Waals surface area contributed by atoms with Crippen molar-refractivity contribution < 1.29 is 98.2 Å². The van der Waals surface area contributed by atoms with Crippen molar-refractivity contribution in [1.82, 2.24) is 10.3 Å². The minimum absolute atomic E-state index is 0.0165. The number of fused-ring (bicyclic) bond motifs is 4. The lowest BCUT2D eigenvalue weighted by atomic mass is 9.77. The van der Waals surface area contributed by atoms with Crippen LogP contribution in [0.1, 0.15) is 37.1 Å². The molecule has 8 rings (SSSR count). The van der Waals surface area contributed by atoms with E-state index < -0.39 is 153 Å². The lowest BCUT2D eigenvalue weighted by Gasteiger charge is -2.43. The Labute approximate surface area is 376 Å². The van der Waals surface area contributed by atoms with Crippen LogP contribution in [0.15, 0.2) is 60.6 Å². The summed E-state index contributed by atoms with van der Waals surface area (Å²) < 4.78 is 46.5. The SMILES string of the molecule is C=CC1C(OC2OC(CO)C(O)C(O)C2O)OC=C(C(=O)OC2CC3C(C(=O)OC)=COC(OC4OC(CO)C(O)C(O)C4O)C3C2C)C1CC1NC(C(=O)O)Cc2c1[nH]c1ccccc21. The number of rotatable bonds is 13. The van der Waals surface area contributed by atoms with Crippen LogP contribution in [0.5, 0.6) is 0 Å². The first-order valence-corrected chi connectivity index (χ1v) is 21.7. The molecule has 2 saturated heterocycles. The van der Waals surface area contributed by atoms with Crippen LogP contribution in [0.4, 0.5) is 0 Å². The summed E-state index contributed by atoms with van der Waals surface area (Å²) >= 11 is 0. The van der Waals surface area contributed by atoms with Crippen molar-refractivity contribution in [2.24, 2.45) is 29.6 Å². The normalized spacial score (nSPS) is 41.0. The Hall–Kier alpha value is -4.53. The molecule has 0 radical (unpaired) electrons. The Bertz CT molecular complexity index is 2180. The van der Waals surface area contributed by atoms with Crippen LogP contribution in [0.25, 0.3) is 10.9 Å². The number of aliphatic carboxylic acids is 1. The Morgan fingerprint density at radius 2 is 1.42 bits per heavy atom. The molecule has 66 heavy (non-hydrogen) atoms. The van der Waals surface area contributed by atoms with Crippen molar-refractivity contribution in [2.75, 3.05) is 20.3 Å². The lowest BCUT2D eigenvalue weighted by Crippen LogP contribution is -2.60. The number of ether oxygens (including phenoxy) is 8. The molecule has 362 valence electrons. The van der Waals surface area contributed by atoms with Crippen molar-refractivity contribution in [3.63, 3.8) is 0 Å². The number of aromatic nitrogens is 1. The Morgan fingerprint density at radius 1 is 0.818 bits per heavy atom. The summed E-state index contributed by atoms with van der Waals surface area (Å²) in [6, 6.07) is 5.67. The molecule has 20 unspecified atom stereocenters. The average molecular weight is 933 g/mol. The molecule has 6 aliphatic rings. The molecule has 5 aliphatic heterocycles. The maximum atomic E-state index is 14.7. The third-order valence-corrected chi connectivity index (χ3v) is 13.9. The van der Waals surface area contributed by atoms with Crippen molar-refractivity contribution in [2.45, 2.75) is 118 Å². The van der Waals surface area contributed by atoms with Gasteiger partial charge in [-0.2, -0.15) is 0 Å². The van der Waals surface area contributed by atoms with E-state index in [4.69, 9.17) is 37.9 Å². The van der Waals surface area contributed by atoms with Crippen molar-refractivity contribution in [3.05, 3.63) is 71.8 Å². The largest absolute Gasteiger partial charge is 0.480 e. The summed E-state index contributed by atoms with van der Waals surface area (Å²) in [6.45, 7) is 4.29. The van der Waals surface area contributed by atoms with Gasteiger partial charge in [0.05, 0.1) is 44.0 Å². The highest BCUT2D eigenvalue weighted by Gasteiger charge is 2.56. The highest BCUT2D eigenvalue weighted by atomic mass is 16.8. The number of carbonyl (C=O) groups excluding carboxylic acids is 2. The van der Waals surface area contributed by atoms with Crippen molar-refractivity contribution in [3.8, 4) is 0 Å². The maximum absolute atomic E-state index is 14.7. The maximum Gasteiger partial charge on any atom is 0.337 e. The zero-order valence-electron chi connectivity index (χ0n) is 35.8. The Balaban J connectivity index is 1.10. The fourth-order valence-electron chi connectivity index (χ4n) is 10.3. The number of methoxy groups -OCH3 is 1. The van der Waals surface area contributed by atoms with Crippen molar-refractivity contribution in [1.29, 1.82) is 0 Å². The van der Waals surface area contributed by atoms with Gasteiger partial charge in [0.15, 0.2) is 12.6 Å². The van der Waals surface area contributed by atoms with Crippen LogP contribution >= 0.6 is 0 Å². The van der Waals surface area contributed by atoms with E-state index in [0.717, 1.165) is 29.0 Å². The van der Waals surface area contributed by atoms with E-state index in [-0.39, 0.29) is 30.4 Å². The van der Waals surface area contributed by atoms with Crippen LogP contribution in [0.2, 0.25) is 0 Å². The van der Waals surface area contributed by atoms with Gasteiger partial charge in [-0.05, 0) is 24.5 Å². The van der Waals surface area contributed by atoms with Crippen LogP contribution in [0, 0.1) is 29.6 Å². The molecule has 2 aromatic rings. The summed E-state index contributed by atoms with van der Waals surface area (Å²) in [6.07, 6.45) is -15.9. The molecule has 20 atom stereocenters. The van der Waals surface area contributed by atoms with E-state index in [0.29, 0.717) is 5.69 Å². The first-order chi connectivity index (χ1) is 31.6. The van der Waals surface area contributed by atoms with Gasteiger partial charge in [-0.1, -0.05) is 31.2 Å². The highest BCUT2D eigenvalue weighted by Crippen LogP contribution is 2.50. The summed E-state index contributed by atoms with van der Waals surface area (Å²) in [4.78, 5) is 43.8. The zero-order valence-corrected chi connectivity index (χ0v) is 35.8. The smallest absolute Gasteiger partial charge is 0.337 e. The van der Waals surface area contributed by atoms with E-state index in [2.05, 4.69) is 16.9 Å². The number of H-pyrrole nitrogens is 1. The number of aromatic amines is 1. The van der Waals surface area contributed by atoms with Gasteiger partial charge < -0.3 is 88.8 Å². The third-order valence-electron chi connectivity index (χ3n) is 13.9. The van der Waals surface area contributed by atoms with E-state index in [1.165, 1.54) is 13.2 Å². The van der Waals surface area contributed by atoms with Crippen LogP contribution in [-0.2, 0) is 58.7 Å². The van der Waals surface area contributed by atoms with Crippen molar-refractivity contribution >= 4 is 28.8 Å². The van der Waals surface area contributed by atoms with E-state index >= 15 is 0 Å². The zero-order chi connectivity index (χ0) is 47.3. The van der Waals surface area contributed by atoms with Crippen LogP contribution < -0.4 is 5.32 Å². The van der Waals surface area contributed by atoms with Gasteiger partial charge in [-0.25, -0.2) is 9.59 Å². The number of para-hydroxylation sites is 1. The summed E-state index contributed by atoms with van der Waals surface area (Å²) in [5.41, 5.74) is 2.29. The first kappa shape index (κ1) is 47.9. The number of carboxylic acid groups (broad SMARTS) is 1. The molecule has 0 bridgehead atoms. The number of hydrogen-bond acceptors (Lipinski definition) is 20. The third kappa shape index (κ3) is 8.75. The molecule has 0 spiro atoms. The number of carboxylic acids is 1. The Kier molecular flexibility index (Phi) is 14.2. The van der Waals surface area contributed by atoms with Gasteiger partial charge in [-0.15, -0.1) is 6.58 Å². The molecular formula is C44H56N2O20. The fourth-order valence-corrected chi connectivity index (χ4v) is 10.3. The molecule has 3 fully saturated rings. The molecular weight excluding hydrogens is 876 g/mol. The molecule has 0 amide bonds. The lowest BCUT2D eigenvalue weighted by molar-refractivity contribution is -0.342. The van der Waals surface area contributed by atoms with Gasteiger partial charge in [0.25, 0.3) is 0 Å². The van der Waals surface area contributed by atoms with Crippen LogP contribution in [-0.4, -0.2) is 175 Å². The van der Waals surface area contributed by atoms with Gasteiger partial charge in [0.2, 0.25) is 12.6 Å². The molecule has 1 aliphatic carbocycles.